The van der Waals surface area contributed by atoms with Gasteiger partial charge in [-0.3, -0.25) is 4.90 Å². The third-order valence-corrected chi connectivity index (χ3v) is 6.40. The summed E-state index contributed by atoms with van der Waals surface area (Å²) in [5, 5.41) is 4.32. The lowest BCUT2D eigenvalue weighted by Gasteiger charge is -2.35. The minimum Gasteiger partial charge on any atom is -0.493 e. The summed E-state index contributed by atoms with van der Waals surface area (Å²) in [4.78, 5) is 17.9. The maximum atomic E-state index is 5.58. The van der Waals surface area contributed by atoms with Crippen LogP contribution in [0.3, 0.4) is 0 Å². The fourth-order valence-electron chi connectivity index (χ4n) is 4.65. The van der Waals surface area contributed by atoms with E-state index in [1.54, 1.807) is 25.1 Å². The highest BCUT2D eigenvalue weighted by Gasteiger charge is 2.22. The highest BCUT2D eigenvalue weighted by molar-refractivity contribution is 5.90. The number of rotatable bonds is 7. The van der Waals surface area contributed by atoms with Crippen molar-refractivity contribution in [2.24, 2.45) is 0 Å². The summed E-state index contributed by atoms with van der Waals surface area (Å²) < 4.78 is 12.6. The summed E-state index contributed by atoms with van der Waals surface area (Å²) in [5.74, 6) is 2.02. The van der Waals surface area contributed by atoms with Crippen LogP contribution < -0.4 is 9.64 Å². The van der Waals surface area contributed by atoms with Crippen LogP contribution in [0.4, 0.5) is 5.82 Å². The number of pyridine rings is 2. The van der Waals surface area contributed by atoms with Gasteiger partial charge in [-0.25, -0.2) is 14.5 Å². The van der Waals surface area contributed by atoms with E-state index in [1.165, 1.54) is 5.56 Å². The average Bonchev–Trinajstić information content (AvgIpc) is 3.46. The van der Waals surface area contributed by atoms with Crippen molar-refractivity contribution in [2.45, 2.75) is 19.8 Å². The molecule has 9 heteroatoms. The molecule has 9 nitrogen and oxygen atoms in total. The Hall–Kier alpha value is -3.17. The predicted octanol–water partition coefficient (Wildman–Crippen LogP) is 3.17. The van der Waals surface area contributed by atoms with Crippen LogP contribution >= 0.6 is 0 Å². The summed E-state index contributed by atoms with van der Waals surface area (Å²) in [7, 11) is 3.41. The molecule has 0 unspecified atom stereocenters. The SMILES string of the molecule is COCCN1CCN(c2ccc3[nH]c(-c4cc(OC)c5ncnn5c4)c(C(C)C)c3n2)CC1. The Morgan fingerprint density at radius 3 is 2.67 bits per heavy atom. The minimum atomic E-state index is 0.292. The highest BCUT2D eigenvalue weighted by Crippen LogP contribution is 2.37. The first-order valence-electron chi connectivity index (χ1n) is 11.5. The second-order valence-electron chi connectivity index (χ2n) is 8.78. The smallest absolute Gasteiger partial charge is 0.197 e. The quantitative estimate of drug-likeness (QED) is 0.464. The van der Waals surface area contributed by atoms with Crippen LogP contribution in [0.5, 0.6) is 5.75 Å². The Morgan fingerprint density at radius 2 is 1.94 bits per heavy atom. The topological polar surface area (TPSA) is 83.8 Å². The number of hydrogen-bond donors (Lipinski definition) is 1. The number of aromatic nitrogens is 5. The van der Waals surface area contributed by atoms with Gasteiger partial charge >= 0.3 is 0 Å². The maximum Gasteiger partial charge on any atom is 0.197 e. The summed E-state index contributed by atoms with van der Waals surface area (Å²) in [6.45, 7) is 10.2. The number of anilines is 1. The summed E-state index contributed by atoms with van der Waals surface area (Å²) in [5.41, 5.74) is 6.01. The Bertz CT molecular complexity index is 1250. The monoisotopic (exact) mass is 449 g/mol. The number of piperazine rings is 1. The Labute approximate surface area is 193 Å². The molecule has 5 rings (SSSR count). The fraction of sp³-hybridized carbons (Fsp3) is 0.458. The molecule has 0 bridgehead atoms. The van der Waals surface area contributed by atoms with E-state index in [4.69, 9.17) is 14.5 Å². The summed E-state index contributed by atoms with van der Waals surface area (Å²) in [6, 6.07) is 6.29. The lowest BCUT2D eigenvalue weighted by molar-refractivity contribution is 0.144. The van der Waals surface area contributed by atoms with Crippen molar-refractivity contribution in [2.75, 3.05) is 58.5 Å². The molecular formula is C24H31N7O2. The number of ether oxygens (including phenoxy) is 2. The van der Waals surface area contributed by atoms with E-state index in [-0.39, 0.29) is 0 Å². The van der Waals surface area contributed by atoms with Crippen LogP contribution in [0, 0.1) is 0 Å². The number of methoxy groups -OCH3 is 2. The van der Waals surface area contributed by atoms with Gasteiger partial charge in [0.25, 0.3) is 0 Å². The van der Waals surface area contributed by atoms with Gasteiger partial charge in [-0.15, -0.1) is 0 Å². The van der Waals surface area contributed by atoms with Crippen molar-refractivity contribution in [1.82, 2.24) is 29.5 Å². The number of hydrogen-bond acceptors (Lipinski definition) is 7. The molecule has 1 aliphatic heterocycles. The number of aromatic amines is 1. The molecule has 0 atom stereocenters. The molecule has 1 aliphatic rings. The first-order valence-corrected chi connectivity index (χ1v) is 11.5. The summed E-state index contributed by atoms with van der Waals surface area (Å²) in [6.07, 6.45) is 3.53. The lowest BCUT2D eigenvalue weighted by atomic mass is 9.99. The molecule has 0 amide bonds. The van der Waals surface area contributed by atoms with Crippen LogP contribution in [0.15, 0.2) is 30.7 Å². The molecule has 5 heterocycles. The van der Waals surface area contributed by atoms with Gasteiger partial charge in [0.2, 0.25) is 0 Å². The molecule has 0 spiro atoms. The molecule has 1 saturated heterocycles. The predicted molar refractivity (Wildman–Crippen MR) is 129 cm³/mol. The van der Waals surface area contributed by atoms with Crippen LogP contribution in [0.1, 0.15) is 25.3 Å². The Kier molecular flexibility index (Phi) is 5.90. The third-order valence-electron chi connectivity index (χ3n) is 6.40. The first-order chi connectivity index (χ1) is 16.1. The van der Waals surface area contributed by atoms with Gasteiger partial charge < -0.3 is 19.4 Å². The highest BCUT2D eigenvalue weighted by atomic mass is 16.5. The van der Waals surface area contributed by atoms with E-state index in [0.717, 1.165) is 67.4 Å². The normalized spacial score (nSPS) is 15.2. The first kappa shape index (κ1) is 21.7. The van der Waals surface area contributed by atoms with Crippen molar-refractivity contribution in [3.63, 3.8) is 0 Å². The van der Waals surface area contributed by atoms with Crippen molar-refractivity contribution in [3.8, 4) is 17.0 Å². The molecule has 33 heavy (non-hydrogen) atoms. The molecule has 1 N–H and O–H groups in total. The standard InChI is InChI=1S/C24H31N7O2/c1-16(2)21-22(17-13-19(33-4)24-25-15-26-31(24)14-17)27-18-5-6-20(28-23(18)21)30-9-7-29(8-10-30)11-12-32-3/h5-6,13-16,27H,7-12H2,1-4H3. The van der Waals surface area contributed by atoms with Gasteiger partial charge in [-0.05, 0) is 24.1 Å². The molecule has 0 aliphatic carbocycles. The van der Waals surface area contributed by atoms with Gasteiger partial charge in [0.05, 0.1) is 30.4 Å². The molecule has 0 aromatic carbocycles. The van der Waals surface area contributed by atoms with Crippen molar-refractivity contribution in [3.05, 3.63) is 36.3 Å². The molecule has 4 aromatic rings. The second-order valence-corrected chi connectivity index (χ2v) is 8.78. The second kappa shape index (κ2) is 8.99. The molecule has 1 fully saturated rings. The van der Waals surface area contributed by atoms with Crippen LogP contribution in [-0.4, -0.2) is 83.0 Å². The zero-order chi connectivity index (χ0) is 22.9. The van der Waals surface area contributed by atoms with Gasteiger partial charge in [0.15, 0.2) is 11.4 Å². The average molecular weight is 450 g/mol. The van der Waals surface area contributed by atoms with Gasteiger partial charge in [0, 0.05) is 57.2 Å². The van der Waals surface area contributed by atoms with E-state index in [2.05, 4.69) is 50.8 Å². The van der Waals surface area contributed by atoms with E-state index >= 15 is 0 Å². The fourth-order valence-corrected chi connectivity index (χ4v) is 4.65. The zero-order valence-electron chi connectivity index (χ0n) is 19.7. The van der Waals surface area contributed by atoms with Crippen LogP contribution in [-0.2, 0) is 4.74 Å². The van der Waals surface area contributed by atoms with E-state index in [1.807, 2.05) is 12.3 Å². The largest absolute Gasteiger partial charge is 0.493 e. The number of fused-ring (bicyclic) bond motifs is 2. The number of nitrogens with zero attached hydrogens (tertiary/aromatic N) is 6. The number of nitrogens with one attached hydrogen (secondary N) is 1. The van der Waals surface area contributed by atoms with E-state index < -0.39 is 0 Å². The third kappa shape index (κ3) is 4.02. The summed E-state index contributed by atoms with van der Waals surface area (Å²) >= 11 is 0. The Morgan fingerprint density at radius 1 is 1.12 bits per heavy atom. The zero-order valence-corrected chi connectivity index (χ0v) is 19.7. The maximum absolute atomic E-state index is 5.58. The van der Waals surface area contributed by atoms with Gasteiger partial charge in [-0.2, -0.15) is 5.10 Å². The molecular weight excluding hydrogens is 418 g/mol. The molecule has 0 saturated carbocycles. The van der Waals surface area contributed by atoms with E-state index in [0.29, 0.717) is 17.3 Å². The lowest BCUT2D eigenvalue weighted by Crippen LogP contribution is -2.47. The van der Waals surface area contributed by atoms with Crippen molar-refractivity contribution in [1.29, 1.82) is 0 Å². The van der Waals surface area contributed by atoms with E-state index in [9.17, 15) is 0 Å². The van der Waals surface area contributed by atoms with Gasteiger partial charge in [-0.1, -0.05) is 13.8 Å². The molecule has 174 valence electrons. The van der Waals surface area contributed by atoms with Crippen LogP contribution in [0.2, 0.25) is 0 Å². The molecule has 0 radical (unpaired) electrons. The minimum absolute atomic E-state index is 0.292. The molecule has 4 aromatic heterocycles. The van der Waals surface area contributed by atoms with Crippen molar-refractivity contribution >= 4 is 22.5 Å². The van der Waals surface area contributed by atoms with Gasteiger partial charge in [0.1, 0.15) is 12.1 Å². The number of H-pyrrole nitrogens is 1. The Balaban J connectivity index is 1.51. The van der Waals surface area contributed by atoms with Crippen LogP contribution in [0.25, 0.3) is 27.9 Å². The van der Waals surface area contributed by atoms with Crippen molar-refractivity contribution < 1.29 is 9.47 Å².